The Morgan fingerprint density at radius 1 is 1.32 bits per heavy atom. The van der Waals surface area contributed by atoms with Crippen molar-refractivity contribution in [1.29, 1.82) is 0 Å². The third-order valence-electron chi connectivity index (χ3n) is 2.26. The SMILES string of the molecule is CCN=C=NCCCN(C)C.Cl.O=C1CCC(=O)N1SO.[H-].[Na+]. The normalized spacial score (nSPS) is 12.7. The van der Waals surface area contributed by atoms with E-state index < -0.39 is 0 Å². The minimum absolute atomic E-state index is 0. The van der Waals surface area contributed by atoms with Crippen LogP contribution in [0, 0.1) is 0 Å². The third-order valence-corrected chi connectivity index (χ3v) is 2.83. The second kappa shape index (κ2) is 17.4. The average Bonchev–Trinajstić information content (AvgIpc) is 2.73. The van der Waals surface area contributed by atoms with Gasteiger partial charge in [0, 0.05) is 19.4 Å². The minimum Gasteiger partial charge on any atom is -1.00 e. The molecule has 0 atom stereocenters. The maximum Gasteiger partial charge on any atom is 1.00 e. The van der Waals surface area contributed by atoms with E-state index in [-0.39, 0.29) is 80.3 Å². The second-order valence-electron chi connectivity index (χ2n) is 4.28. The number of halogens is 1. The number of amides is 2. The molecule has 0 aromatic rings. The summed E-state index contributed by atoms with van der Waals surface area (Å²) in [5, 5.41) is 0. The smallest absolute Gasteiger partial charge is 1.00 e. The summed E-state index contributed by atoms with van der Waals surface area (Å²) in [5.41, 5.74) is 0. The van der Waals surface area contributed by atoms with E-state index >= 15 is 0 Å². The van der Waals surface area contributed by atoms with E-state index in [2.05, 4.69) is 35.0 Å². The zero-order chi connectivity index (χ0) is 15.4. The number of hydrogen-bond acceptors (Lipinski definition) is 7. The van der Waals surface area contributed by atoms with Gasteiger partial charge in [-0.15, -0.1) is 12.4 Å². The van der Waals surface area contributed by atoms with Gasteiger partial charge in [0.05, 0.1) is 12.6 Å². The van der Waals surface area contributed by atoms with Crippen molar-refractivity contribution >= 4 is 42.5 Å². The van der Waals surface area contributed by atoms with Crippen molar-refractivity contribution < 1.29 is 45.1 Å². The van der Waals surface area contributed by atoms with Crippen LogP contribution in [0.25, 0.3) is 0 Å². The van der Waals surface area contributed by atoms with Gasteiger partial charge in [0.15, 0.2) is 0 Å². The predicted molar refractivity (Wildman–Crippen MR) is 88.1 cm³/mol. The fraction of sp³-hybridized carbons (Fsp3) is 0.750. The molecule has 0 unspecified atom stereocenters. The Bertz CT molecular complexity index is 369. The van der Waals surface area contributed by atoms with E-state index in [9.17, 15) is 9.59 Å². The van der Waals surface area contributed by atoms with E-state index in [0.29, 0.717) is 0 Å². The molecular weight excluding hydrogens is 339 g/mol. The number of carbonyl (C=O) groups is 2. The van der Waals surface area contributed by atoms with Gasteiger partial charge in [-0.1, -0.05) is 0 Å². The molecule has 10 heteroatoms. The summed E-state index contributed by atoms with van der Waals surface area (Å²) in [7, 11) is 4.12. The number of carbonyl (C=O) groups excluding carboxylic acids is 2. The van der Waals surface area contributed by atoms with Crippen LogP contribution in [0.5, 0.6) is 0 Å². The van der Waals surface area contributed by atoms with Crippen LogP contribution in [0.1, 0.15) is 27.6 Å². The molecule has 0 radical (unpaired) electrons. The number of rotatable bonds is 6. The zero-order valence-corrected chi connectivity index (χ0v) is 17.2. The largest absolute Gasteiger partial charge is 1.00 e. The van der Waals surface area contributed by atoms with Gasteiger partial charge in [-0.05, 0) is 34.0 Å². The van der Waals surface area contributed by atoms with Crippen molar-refractivity contribution in [3.8, 4) is 0 Å². The molecule has 0 aromatic carbocycles. The molecule has 1 aliphatic rings. The van der Waals surface area contributed by atoms with Crippen LogP contribution in [0.2, 0.25) is 0 Å². The fourth-order valence-corrected chi connectivity index (χ4v) is 1.65. The molecule has 1 fully saturated rings. The molecule has 7 nitrogen and oxygen atoms in total. The van der Waals surface area contributed by atoms with Gasteiger partial charge in [0.1, 0.15) is 12.2 Å². The van der Waals surface area contributed by atoms with E-state index in [4.69, 9.17) is 4.55 Å². The molecule has 0 spiro atoms. The van der Waals surface area contributed by atoms with Gasteiger partial charge in [-0.25, -0.2) is 9.98 Å². The Labute approximate surface area is 166 Å². The molecule has 1 heterocycles. The first-order chi connectivity index (χ1) is 9.52. The van der Waals surface area contributed by atoms with Gasteiger partial charge in [-0.3, -0.25) is 9.59 Å². The van der Waals surface area contributed by atoms with Gasteiger partial charge < -0.3 is 10.9 Å². The first kappa shape index (κ1) is 27.0. The first-order valence-corrected chi connectivity index (χ1v) is 7.16. The van der Waals surface area contributed by atoms with Crippen LogP contribution in [0.4, 0.5) is 0 Å². The van der Waals surface area contributed by atoms with Crippen molar-refractivity contribution in [3.63, 3.8) is 0 Å². The Balaban J connectivity index is -0.000000140. The van der Waals surface area contributed by atoms with Crippen molar-refractivity contribution in [3.05, 3.63) is 0 Å². The van der Waals surface area contributed by atoms with Crippen molar-refractivity contribution in [2.75, 3.05) is 33.7 Å². The Kier molecular flexibility index (Phi) is 21.4. The minimum atomic E-state index is -0.312. The predicted octanol–water partition coefficient (Wildman–Crippen LogP) is -1.07. The first-order valence-electron chi connectivity index (χ1n) is 6.43. The topological polar surface area (TPSA) is 85.6 Å². The number of aliphatic imine (C=N–C) groups is 2. The van der Waals surface area contributed by atoms with Crippen LogP contribution in [-0.4, -0.2) is 65.3 Å². The van der Waals surface area contributed by atoms with Crippen molar-refractivity contribution in [2.45, 2.75) is 26.2 Å². The molecule has 22 heavy (non-hydrogen) atoms. The molecule has 0 bridgehead atoms. The number of hydrogen-bond donors (Lipinski definition) is 1. The third kappa shape index (κ3) is 13.7. The van der Waals surface area contributed by atoms with E-state index in [0.717, 1.165) is 30.4 Å². The molecule has 0 aromatic heterocycles. The van der Waals surface area contributed by atoms with Crippen molar-refractivity contribution in [2.24, 2.45) is 9.98 Å². The number of imide groups is 1. The van der Waals surface area contributed by atoms with Crippen LogP contribution in [0.3, 0.4) is 0 Å². The molecule has 124 valence electrons. The summed E-state index contributed by atoms with van der Waals surface area (Å²) in [6.07, 6.45) is 1.54. The van der Waals surface area contributed by atoms with Crippen molar-refractivity contribution in [1.82, 2.24) is 9.21 Å². The standard InChI is InChI=1S/C8H17N3.C4H5NO3S.ClH.Na.H/c1-4-9-8-10-6-5-7-11(2)3;6-3-1-2-4(7)5(3)9-8;;;/h4-7H2,1-3H3;8H,1-2H2;1H;;/q;;;+1;-1. The monoisotopic (exact) mass is 362 g/mol. The summed E-state index contributed by atoms with van der Waals surface area (Å²) in [6, 6.07) is 2.64. The van der Waals surface area contributed by atoms with E-state index in [1.165, 1.54) is 0 Å². The summed E-state index contributed by atoms with van der Waals surface area (Å²) >= 11 is 0.183. The Morgan fingerprint density at radius 3 is 2.23 bits per heavy atom. The van der Waals surface area contributed by atoms with Gasteiger partial charge >= 0.3 is 29.6 Å². The molecule has 2 amide bonds. The van der Waals surface area contributed by atoms with E-state index in [1.807, 2.05) is 6.92 Å². The quantitative estimate of drug-likeness (QED) is 0.162. The molecule has 1 N–H and O–H groups in total. The van der Waals surface area contributed by atoms with Gasteiger partial charge in [0.2, 0.25) is 11.8 Å². The Hall–Kier alpha value is 0.0800. The van der Waals surface area contributed by atoms with Crippen LogP contribution in [-0.2, 0) is 9.59 Å². The molecule has 1 aliphatic heterocycles. The maximum absolute atomic E-state index is 10.5. The molecule has 0 aliphatic carbocycles. The Morgan fingerprint density at radius 2 is 1.86 bits per heavy atom. The van der Waals surface area contributed by atoms with Gasteiger partial charge in [-0.2, -0.15) is 4.31 Å². The van der Waals surface area contributed by atoms with E-state index in [1.54, 1.807) is 0 Å². The second-order valence-corrected chi connectivity index (χ2v) is 4.80. The van der Waals surface area contributed by atoms with Crippen LogP contribution in [0.15, 0.2) is 9.98 Å². The summed E-state index contributed by atoms with van der Waals surface area (Å²) < 4.78 is 9.07. The van der Waals surface area contributed by atoms with Crippen LogP contribution < -0.4 is 29.6 Å². The fourth-order valence-electron chi connectivity index (χ4n) is 1.28. The maximum atomic E-state index is 10.5. The average molecular weight is 363 g/mol. The van der Waals surface area contributed by atoms with Crippen LogP contribution >= 0.6 is 24.6 Å². The molecular formula is C12H24ClN4NaO3S. The summed E-state index contributed by atoms with van der Waals surface area (Å²) in [6.45, 7) is 4.67. The summed E-state index contributed by atoms with van der Waals surface area (Å²) in [4.78, 5) is 31.1. The number of nitrogens with zero attached hydrogens (tertiary/aromatic N) is 4. The molecule has 0 saturated carbocycles. The summed E-state index contributed by atoms with van der Waals surface area (Å²) in [5.74, 6) is -0.625. The molecule has 1 rings (SSSR count). The zero-order valence-electron chi connectivity index (χ0n) is 14.6. The van der Waals surface area contributed by atoms with Gasteiger partial charge in [0.25, 0.3) is 0 Å². The molecule has 1 saturated heterocycles.